The highest BCUT2D eigenvalue weighted by Crippen LogP contribution is 2.29. The monoisotopic (exact) mass is 398 g/mol. The number of nitrogens with one attached hydrogen (secondary N) is 1. The zero-order valence-electron chi connectivity index (χ0n) is 11.7. The van der Waals surface area contributed by atoms with Gasteiger partial charge in [0, 0.05) is 18.1 Å². The minimum absolute atomic E-state index is 0.0157. The molecule has 0 aromatic heterocycles. The fraction of sp³-hybridized carbons (Fsp3) is 0.417. The summed E-state index contributed by atoms with van der Waals surface area (Å²) in [6.07, 6.45) is 0. The number of nitrogens with two attached hydrogens (primary N) is 1. The molecule has 1 rings (SSSR count). The van der Waals surface area contributed by atoms with Crippen LogP contribution in [0.15, 0.2) is 21.5 Å². The molecule has 0 aliphatic heterocycles. The number of ether oxygens (including phenoxy) is 1. The Morgan fingerprint density at radius 3 is 2.52 bits per heavy atom. The van der Waals surface area contributed by atoms with Crippen molar-refractivity contribution in [3.63, 3.8) is 0 Å². The van der Waals surface area contributed by atoms with E-state index in [1.165, 1.54) is 19.2 Å². The molecule has 0 aliphatic carbocycles. The SMILES string of the molecule is COC(C)(C)CNC(=O)c1cc(Br)cc(S(N)(=O)=O)c1Cl. The fourth-order valence-corrected chi connectivity index (χ4v) is 3.17. The quantitative estimate of drug-likeness (QED) is 0.790. The first-order valence-electron chi connectivity index (χ1n) is 5.83. The zero-order chi connectivity index (χ0) is 16.4. The molecule has 0 atom stereocenters. The van der Waals surface area contributed by atoms with Crippen LogP contribution >= 0.6 is 27.5 Å². The zero-order valence-corrected chi connectivity index (χ0v) is 14.9. The van der Waals surface area contributed by atoms with Crippen LogP contribution in [-0.2, 0) is 14.8 Å². The molecule has 118 valence electrons. The van der Waals surface area contributed by atoms with Gasteiger partial charge in [0.25, 0.3) is 5.91 Å². The maximum absolute atomic E-state index is 12.2. The summed E-state index contributed by atoms with van der Waals surface area (Å²) in [7, 11) is -2.50. The lowest BCUT2D eigenvalue weighted by molar-refractivity contribution is 0.0228. The molecule has 1 aromatic carbocycles. The summed E-state index contributed by atoms with van der Waals surface area (Å²) < 4.78 is 28.5. The van der Waals surface area contributed by atoms with E-state index in [2.05, 4.69) is 21.2 Å². The van der Waals surface area contributed by atoms with Crippen LogP contribution in [0.2, 0.25) is 5.02 Å². The number of primary sulfonamides is 1. The molecule has 21 heavy (non-hydrogen) atoms. The fourth-order valence-electron chi connectivity index (χ4n) is 1.40. The topological polar surface area (TPSA) is 98.5 Å². The predicted octanol–water partition coefficient (Wildman–Crippen LogP) is 1.90. The van der Waals surface area contributed by atoms with Gasteiger partial charge in [0.15, 0.2) is 0 Å². The van der Waals surface area contributed by atoms with Gasteiger partial charge in [-0.1, -0.05) is 27.5 Å². The molecule has 0 bridgehead atoms. The summed E-state index contributed by atoms with van der Waals surface area (Å²) >= 11 is 9.10. The summed E-state index contributed by atoms with van der Waals surface area (Å²) in [5.74, 6) is -0.517. The lowest BCUT2D eigenvalue weighted by atomic mass is 10.1. The van der Waals surface area contributed by atoms with Gasteiger partial charge in [-0.2, -0.15) is 0 Å². The molecule has 3 N–H and O–H groups in total. The van der Waals surface area contributed by atoms with E-state index in [0.29, 0.717) is 4.47 Å². The lowest BCUT2D eigenvalue weighted by Gasteiger charge is -2.23. The van der Waals surface area contributed by atoms with E-state index in [0.717, 1.165) is 0 Å². The molecule has 0 saturated carbocycles. The Bertz CT molecular complexity index is 661. The highest BCUT2D eigenvalue weighted by atomic mass is 79.9. The van der Waals surface area contributed by atoms with Crippen molar-refractivity contribution in [2.45, 2.75) is 24.3 Å². The molecule has 0 spiro atoms. The molecular formula is C12H16BrClN2O4S. The van der Waals surface area contributed by atoms with Crippen molar-refractivity contribution in [1.82, 2.24) is 5.32 Å². The van der Waals surface area contributed by atoms with Gasteiger partial charge in [0.05, 0.1) is 16.2 Å². The van der Waals surface area contributed by atoms with Crippen molar-refractivity contribution < 1.29 is 17.9 Å². The largest absolute Gasteiger partial charge is 0.377 e. The van der Waals surface area contributed by atoms with Gasteiger partial charge in [-0.15, -0.1) is 0 Å². The minimum atomic E-state index is -4.03. The molecular weight excluding hydrogens is 384 g/mol. The first-order chi connectivity index (χ1) is 9.48. The number of benzene rings is 1. The summed E-state index contributed by atoms with van der Waals surface area (Å²) in [4.78, 5) is 11.8. The van der Waals surface area contributed by atoms with Gasteiger partial charge in [-0.3, -0.25) is 4.79 Å². The molecule has 1 amide bonds. The first-order valence-corrected chi connectivity index (χ1v) is 8.55. The number of methoxy groups -OCH3 is 1. The van der Waals surface area contributed by atoms with E-state index in [1.807, 2.05) is 0 Å². The molecule has 0 fully saturated rings. The van der Waals surface area contributed by atoms with Gasteiger partial charge >= 0.3 is 0 Å². The van der Waals surface area contributed by atoms with Gasteiger partial charge in [0.1, 0.15) is 4.90 Å². The second kappa shape index (κ2) is 6.62. The van der Waals surface area contributed by atoms with Crippen molar-refractivity contribution in [3.8, 4) is 0 Å². The van der Waals surface area contributed by atoms with Crippen molar-refractivity contribution in [1.29, 1.82) is 0 Å². The van der Waals surface area contributed by atoms with Gasteiger partial charge in [-0.25, -0.2) is 13.6 Å². The number of carbonyl (C=O) groups excluding carboxylic acids is 1. The van der Waals surface area contributed by atoms with E-state index >= 15 is 0 Å². The summed E-state index contributed by atoms with van der Waals surface area (Å²) in [6, 6.07) is 2.67. The van der Waals surface area contributed by atoms with E-state index in [1.54, 1.807) is 13.8 Å². The lowest BCUT2D eigenvalue weighted by Crippen LogP contribution is -2.39. The number of halogens is 2. The Hall–Kier alpha value is -0.670. The Kier molecular flexibility index (Phi) is 5.79. The third-order valence-electron chi connectivity index (χ3n) is 2.78. The second-order valence-electron chi connectivity index (χ2n) is 4.96. The van der Waals surface area contributed by atoms with Crippen LogP contribution in [-0.4, -0.2) is 33.6 Å². The minimum Gasteiger partial charge on any atom is -0.377 e. The normalized spacial score (nSPS) is 12.3. The summed E-state index contributed by atoms with van der Waals surface area (Å²) in [6.45, 7) is 3.83. The van der Waals surface area contributed by atoms with Gasteiger partial charge in [0.2, 0.25) is 10.0 Å². The number of hydrogen-bond donors (Lipinski definition) is 2. The Morgan fingerprint density at radius 2 is 2.05 bits per heavy atom. The average molecular weight is 400 g/mol. The highest BCUT2D eigenvalue weighted by molar-refractivity contribution is 9.10. The summed E-state index contributed by atoms with van der Waals surface area (Å²) in [5.41, 5.74) is -0.543. The van der Waals surface area contributed by atoms with E-state index in [-0.39, 0.29) is 22.0 Å². The molecule has 6 nitrogen and oxygen atoms in total. The van der Waals surface area contributed by atoms with Crippen molar-refractivity contribution in [2.75, 3.05) is 13.7 Å². The van der Waals surface area contributed by atoms with Gasteiger partial charge < -0.3 is 10.1 Å². The van der Waals surface area contributed by atoms with Crippen LogP contribution in [0.5, 0.6) is 0 Å². The standard InChI is InChI=1S/C12H16BrClN2O4S/c1-12(2,20-3)6-16-11(17)8-4-7(13)5-9(10(8)14)21(15,18)19/h4-5H,6H2,1-3H3,(H,16,17)(H2,15,18,19). The van der Waals surface area contributed by atoms with Crippen molar-refractivity contribution in [2.24, 2.45) is 5.14 Å². The third-order valence-corrected chi connectivity index (χ3v) is 4.69. The molecule has 0 unspecified atom stereocenters. The molecule has 0 aliphatic rings. The Labute approximate surface area is 137 Å². The Balaban J connectivity index is 3.14. The molecule has 0 heterocycles. The third kappa shape index (κ3) is 4.93. The van der Waals surface area contributed by atoms with Crippen LogP contribution in [0.1, 0.15) is 24.2 Å². The first kappa shape index (κ1) is 18.4. The van der Waals surface area contributed by atoms with Crippen molar-refractivity contribution >= 4 is 43.5 Å². The van der Waals surface area contributed by atoms with Crippen LogP contribution in [0.3, 0.4) is 0 Å². The van der Waals surface area contributed by atoms with Crippen molar-refractivity contribution in [3.05, 3.63) is 27.2 Å². The van der Waals surface area contributed by atoms with E-state index < -0.39 is 21.5 Å². The molecule has 0 radical (unpaired) electrons. The van der Waals surface area contributed by atoms with Crippen LogP contribution in [0.25, 0.3) is 0 Å². The predicted molar refractivity (Wildman–Crippen MR) is 83.9 cm³/mol. The summed E-state index contributed by atoms with van der Waals surface area (Å²) in [5, 5.41) is 7.49. The second-order valence-corrected chi connectivity index (χ2v) is 7.78. The van der Waals surface area contributed by atoms with Crippen LogP contribution in [0, 0.1) is 0 Å². The highest BCUT2D eigenvalue weighted by Gasteiger charge is 2.23. The Morgan fingerprint density at radius 1 is 1.48 bits per heavy atom. The number of sulfonamides is 1. The maximum Gasteiger partial charge on any atom is 0.252 e. The molecule has 0 saturated heterocycles. The molecule has 9 heteroatoms. The number of carbonyl (C=O) groups is 1. The number of hydrogen-bond acceptors (Lipinski definition) is 4. The smallest absolute Gasteiger partial charge is 0.252 e. The number of amides is 1. The van der Waals surface area contributed by atoms with Gasteiger partial charge in [-0.05, 0) is 26.0 Å². The van der Waals surface area contributed by atoms with Crippen LogP contribution in [0.4, 0.5) is 0 Å². The van der Waals surface area contributed by atoms with E-state index in [9.17, 15) is 13.2 Å². The molecule has 1 aromatic rings. The van der Waals surface area contributed by atoms with Crippen LogP contribution < -0.4 is 10.5 Å². The van der Waals surface area contributed by atoms with E-state index in [4.69, 9.17) is 21.5 Å². The average Bonchev–Trinajstić information content (AvgIpc) is 2.37. The maximum atomic E-state index is 12.2. The number of rotatable bonds is 5.